The maximum Gasteiger partial charge on any atom is 0.258 e. The number of carbonyl (C=O) groups excluding carboxylic acids is 2. The lowest BCUT2D eigenvalue weighted by molar-refractivity contribution is -0.117. The third kappa shape index (κ3) is 3.97. The van der Waals surface area contributed by atoms with Crippen LogP contribution in [0.25, 0.3) is 11.3 Å². The summed E-state index contributed by atoms with van der Waals surface area (Å²) >= 11 is 1.35. The first kappa shape index (κ1) is 19.1. The van der Waals surface area contributed by atoms with Crippen LogP contribution in [0.2, 0.25) is 0 Å². The van der Waals surface area contributed by atoms with Crippen LogP contribution in [0, 0.1) is 5.92 Å². The smallest absolute Gasteiger partial charge is 0.258 e. The molecule has 4 rings (SSSR count). The normalized spacial score (nSPS) is 15.8. The van der Waals surface area contributed by atoms with Crippen molar-refractivity contribution in [3.05, 3.63) is 59.7 Å². The van der Waals surface area contributed by atoms with Gasteiger partial charge in [0.15, 0.2) is 5.13 Å². The monoisotopic (exact) mass is 407 g/mol. The SMILES string of the molecule is CC(C)C1Nc2ccccc2C(=O)N1CC(=O)Nc1nc(-c2ccncc2)cs1. The first-order chi connectivity index (χ1) is 14.0. The number of nitrogens with one attached hydrogen (secondary N) is 2. The molecule has 2 aromatic heterocycles. The summed E-state index contributed by atoms with van der Waals surface area (Å²) in [6, 6.07) is 11.1. The molecule has 3 aromatic rings. The van der Waals surface area contributed by atoms with E-state index in [2.05, 4.69) is 20.6 Å². The summed E-state index contributed by atoms with van der Waals surface area (Å²) in [5.41, 5.74) is 3.09. The van der Waals surface area contributed by atoms with E-state index in [4.69, 9.17) is 0 Å². The average Bonchev–Trinajstić information content (AvgIpc) is 3.19. The summed E-state index contributed by atoms with van der Waals surface area (Å²) in [6.07, 6.45) is 3.14. The lowest BCUT2D eigenvalue weighted by atomic mass is 10.0. The van der Waals surface area contributed by atoms with Gasteiger partial charge in [-0.05, 0) is 30.2 Å². The third-order valence-electron chi connectivity index (χ3n) is 4.73. The molecule has 7 nitrogen and oxygen atoms in total. The van der Waals surface area contributed by atoms with Gasteiger partial charge in [-0.25, -0.2) is 4.98 Å². The van der Waals surface area contributed by atoms with Gasteiger partial charge < -0.3 is 15.5 Å². The molecule has 0 aliphatic carbocycles. The number of hydrogen-bond acceptors (Lipinski definition) is 6. The second-order valence-electron chi connectivity index (χ2n) is 7.13. The molecule has 0 radical (unpaired) electrons. The van der Waals surface area contributed by atoms with Gasteiger partial charge in [0.05, 0.1) is 11.3 Å². The molecule has 1 aliphatic rings. The van der Waals surface area contributed by atoms with Gasteiger partial charge in [0.25, 0.3) is 5.91 Å². The van der Waals surface area contributed by atoms with Gasteiger partial charge in [-0.15, -0.1) is 11.3 Å². The number of fused-ring (bicyclic) bond motifs is 1. The molecule has 0 bridgehead atoms. The maximum absolute atomic E-state index is 13.0. The maximum atomic E-state index is 13.0. The topological polar surface area (TPSA) is 87.2 Å². The van der Waals surface area contributed by atoms with E-state index < -0.39 is 0 Å². The van der Waals surface area contributed by atoms with Crippen LogP contribution in [0.5, 0.6) is 0 Å². The molecule has 1 aromatic carbocycles. The number of thiazole rings is 1. The third-order valence-corrected chi connectivity index (χ3v) is 5.49. The minimum atomic E-state index is -0.277. The number of rotatable bonds is 5. The van der Waals surface area contributed by atoms with Gasteiger partial charge in [-0.1, -0.05) is 26.0 Å². The zero-order valence-electron chi connectivity index (χ0n) is 16.1. The van der Waals surface area contributed by atoms with E-state index in [-0.39, 0.29) is 30.4 Å². The summed E-state index contributed by atoms with van der Waals surface area (Å²) in [7, 11) is 0. The molecule has 0 spiro atoms. The number of nitrogens with zero attached hydrogens (tertiary/aromatic N) is 3. The van der Waals surface area contributed by atoms with Crippen molar-refractivity contribution in [2.75, 3.05) is 17.2 Å². The van der Waals surface area contributed by atoms with Crippen LogP contribution < -0.4 is 10.6 Å². The fourth-order valence-corrected chi connectivity index (χ4v) is 4.05. The predicted octanol–water partition coefficient (Wildman–Crippen LogP) is 3.69. The summed E-state index contributed by atoms with van der Waals surface area (Å²) in [6.45, 7) is 3.99. The largest absolute Gasteiger partial charge is 0.364 e. The molecule has 29 heavy (non-hydrogen) atoms. The number of amides is 2. The van der Waals surface area contributed by atoms with Crippen molar-refractivity contribution in [1.82, 2.24) is 14.9 Å². The number of benzene rings is 1. The van der Waals surface area contributed by atoms with Crippen molar-refractivity contribution in [1.29, 1.82) is 0 Å². The van der Waals surface area contributed by atoms with Crippen LogP contribution in [-0.2, 0) is 4.79 Å². The van der Waals surface area contributed by atoms with Crippen LogP contribution in [0.3, 0.4) is 0 Å². The molecule has 1 unspecified atom stereocenters. The van der Waals surface area contributed by atoms with Crippen LogP contribution in [0.15, 0.2) is 54.2 Å². The highest BCUT2D eigenvalue weighted by Crippen LogP contribution is 2.28. The molecule has 148 valence electrons. The quantitative estimate of drug-likeness (QED) is 0.673. The molecule has 2 amide bonds. The van der Waals surface area contributed by atoms with E-state index in [0.717, 1.165) is 16.9 Å². The Hall–Kier alpha value is -3.26. The number of para-hydroxylation sites is 1. The van der Waals surface area contributed by atoms with Gasteiger partial charge in [0.2, 0.25) is 5.91 Å². The van der Waals surface area contributed by atoms with Gasteiger partial charge in [-0.3, -0.25) is 14.6 Å². The second kappa shape index (κ2) is 8.00. The number of pyridine rings is 1. The molecule has 0 saturated carbocycles. The highest BCUT2D eigenvalue weighted by Gasteiger charge is 2.34. The van der Waals surface area contributed by atoms with E-state index in [1.165, 1.54) is 11.3 Å². The van der Waals surface area contributed by atoms with Gasteiger partial charge >= 0.3 is 0 Å². The Kier molecular flexibility index (Phi) is 5.26. The van der Waals surface area contributed by atoms with Crippen molar-refractivity contribution in [3.63, 3.8) is 0 Å². The van der Waals surface area contributed by atoms with Crippen LogP contribution >= 0.6 is 11.3 Å². The Balaban J connectivity index is 1.49. The zero-order valence-corrected chi connectivity index (χ0v) is 16.9. The van der Waals surface area contributed by atoms with Crippen LogP contribution in [-0.4, -0.2) is 39.4 Å². The number of carbonyl (C=O) groups is 2. The Morgan fingerprint density at radius 1 is 1.24 bits per heavy atom. The van der Waals surface area contributed by atoms with E-state index in [0.29, 0.717) is 10.7 Å². The van der Waals surface area contributed by atoms with Crippen LogP contribution in [0.4, 0.5) is 10.8 Å². The fourth-order valence-electron chi connectivity index (χ4n) is 3.31. The number of hydrogen-bond donors (Lipinski definition) is 2. The molecule has 1 atom stereocenters. The molecule has 2 N–H and O–H groups in total. The summed E-state index contributed by atoms with van der Waals surface area (Å²) in [5, 5.41) is 8.57. The van der Waals surface area contributed by atoms with Crippen LogP contribution in [0.1, 0.15) is 24.2 Å². The van der Waals surface area contributed by atoms with Gasteiger partial charge in [0, 0.05) is 29.0 Å². The van der Waals surface area contributed by atoms with Crippen molar-refractivity contribution in [2.24, 2.45) is 5.92 Å². The predicted molar refractivity (Wildman–Crippen MR) is 114 cm³/mol. The average molecular weight is 407 g/mol. The lowest BCUT2D eigenvalue weighted by Gasteiger charge is -2.39. The Morgan fingerprint density at radius 3 is 2.76 bits per heavy atom. The molecule has 0 fully saturated rings. The van der Waals surface area contributed by atoms with E-state index in [9.17, 15) is 9.59 Å². The highest BCUT2D eigenvalue weighted by atomic mass is 32.1. The molecular formula is C21H21N5O2S. The molecule has 8 heteroatoms. The first-order valence-electron chi connectivity index (χ1n) is 9.35. The van der Waals surface area contributed by atoms with Crippen molar-refractivity contribution in [3.8, 4) is 11.3 Å². The fraction of sp³-hybridized carbons (Fsp3) is 0.238. The highest BCUT2D eigenvalue weighted by molar-refractivity contribution is 7.14. The summed E-state index contributed by atoms with van der Waals surface area (Å²) in [4.78, 5) is 35.7. The molecule has 3 heterocycles. The first-order valence-corrected chi connectivity index (χ1v) is 10.2. The van der Waals surface area contributed by atoms with E-state index >= 15 is 0 Å². The van der Waals surface area contributed by atoms with Gasteiger partial charge in [0.1, 0.15) is 12.7 Å². The molecule has 0 saturated heterocycles. The Morgan fingerprint density at radius 2 is 2.00 bits per heavy atom. The Bertz CT molecular complexity index is 1030. The van der Waals surface area contributed by atoms with Crippen molar-refractivity contribution >= 4 is 34.0 Å². The molecule has 1 aliphatic heterocycles. The number of aromatic nitrogens is 2. The van der Waals surface area contributed by atoms with Crippen molar-refractivity contribution in [2.45, 2.75) is 20.0 Å². The minimum absolute atomic E-state index is 0.0484. The zero-order chi connectivity index (χ0) is 20.4. The van der Waals surface area contributed by atoms with E-state index in [1.54, 1.807) is 23.4 Å². The molecular weight excluding hydrogens is 386 g/mol. The minimum Gasteiger partial charge on any atom is -0.364 e. The summed E-state index contributed by atoms with van der Waals surface area (Å²) < 4.78 is 0. The standard InChI is InChI=1S/C21H21N5O2S/c1-13(2)19-23-16-6-4-3-5-15(16)20(28)26(19)11-18(27)25-21-24-17(12-29-21)14-7-9-22-10-8-14/h3-10,12-13,19,23H,11H2,1-2H3,(H,24,25,27). The van der Waals surface area contributed by atoms with Crippen molar-refractivity contribution < 1.29 is 9.59 Å². The number of anilines is 2. The lowest BCUT2D eigenvalue weighted by Crippen LogP contribution is -2.53. The Labute approximate surface area is 172 Å². The second-order valence-corrected chi connectivity index (χ2v) is 7.99. The van der Waals surface area contributed by atoms with E-state index in [1.807, 2.05) is 49.6 Å². The summed E-state index contributed by atoms with van der Waals surface area (Å²) in [5.74, 6) is -0.288. The van der Waals surface area contributed by atoms with Gasteiger partial charge in [-0.2, -0.15) is 0 Å².